The fourth-order valence-corrected chi connectivity index (χ4v) is 2.52. The smallest absolute Gasteiger partial charge is 0.325 e. The number of nitrogens with two attached hydrogens (primary N) is 1. The van der Waals surface area contributed by atoms with E-state index in [2.05, 4.69) is 4.98 Å². The first-order chi connectivity index (χ1) is 7.18. The SMILES string of the molecule is NC(C(=O)O)c1cnc2c(c1)CSCC2. The van der Waals surface area contributed by atoms with Gasteiger partial charge in [0.15, 0.2) is 0 Å². The highest BCUT2D eigenvalue weighted by Gasteiger charge is 2.18. The average molecular weight is 224 g/mol. The highest BCUT2D eigenvalue weighted by atomic mass is 32.2. The maximum Gasteiger partial charge on any atom is 0.325 e. The van der Waals surface area contributed by atoms with Gasteiger partial charge in [-0.05, 0) is 29.4 Å². The lowest BCUT2D eigenvalue weighted by Crippen LogP contribution is -2.21. The van der Waals surface area contributed by atoms with Crippen LogP contribution in [-0.4, -0.2) is 21.8 Å². The molecular formula is C10H12N2O2S. The topological polar surface area (TPSA) is 76.2 Å². The first kappa shape index (κ1) is 10.4. The summed E-state index contributed by atoms with van der Waals surface area (Å²) in [5.74, 6) is 0.979. The standard InChI is InChI=1S/C10H12N2O2S/c11-9(10(13)14)6-3-7-5-15-2-1-8(7)12-4-6/h3-4,9H,1-2,5,11H2,(H,13,14). The van der Waals surface area contributed by atoms with Gasteiger partial charge in [-0.3, -0.25) is 9.78 Å². The summed E-state index contributed by atoms with van der Waals surface area (Å²) in [5, 5.41) is 8.78. The van der Waals surface area contributed by atoms with Crippen LogP contribution in [0.1, 0.15) is 22.9 Å². The number of thioether (sulfide) groups is 1. The van der Waals surface area contributed by atoms with Gasteiger partial charge in [0.05, 0.1) is 0 Å². The van der Waals surface area contributed by atoms with Crippen molar-refractivity contribution in [3.63, 3.8) is 0 Å². The second kappa shape index (κ2) is 4.20. The molecular weight excluding hydrogens is 212 g/mol. The zero-order valence-electron chi connectivity index (χ0n) is 8.14. The van der Waals surface area contributed by atoms with E-state index in [0.717, 1.165) is 29.2 Å². The zero-order valence-corrected chi connectivity index (χ0v) is 8.96. The van der Waals surface area contributed by atoms with Gasteiger partial charge in [-0.25, -0.2) is 0 Å². The molecule has 80 valence electrons. The number of carbonyl (C=O) groups is 1. The number of rotatable bonds is 2. The maximum absolute atomic E-state index is 10.7. The van der Waals surface area contributed by atoms with E-state index in [-0.39, 0.29) is 0 Å². The summed E-state index contributed by atoms with van der Waals surface area (Å²) in [5.41, 5.74) is 8.32. The molecule has 1 aromatic rings. The number of aliphatic carboxylic acids is 1. The van der Waals surface area contributed by atoms with Gasteiger partial charge in [0.25, 0.3) is 0 Å². The van der Waals surface area contributed by atoms with Gasteiger partial charge in [0, 0.05) is 17.6 Å². The van der Waals surface area contributed by atoms with Gasteiger partial charge in [-0.1, -0.05) is 0 Å². The Kier molecular flexibility index (Phi) is 2.93. The van der Waals surface area contributed by atoms with Crippen molar-refractivity contribution in [3.8, 4) is 0 Å². The predicted octanol–water partition coefficient (Wildman–Crippen LogP) is 0.955. The van der Waals surface area contributed by atoms with Crippen LogP contribution in [0.2, 0.25) is 0 Å². The molecule has 1 aromatic heterocycles. The predicted molar refractivity (Wildman–Crippen MR) is 58.7 cm³/mol. The number of hydrogen-bond donors (Lipinski definition) is 2. The minimum absolute atomic E-state index is 0.587. The lowest BCUT2D eigenvalue weighted by atomic mass is 10.1. The Bertz CT molecular complexity index is 395. The Hall–Kier alpha value is -1.07. The molecule has 1 atom stereocenters. The number of hydrogen-bond acceptors (Lipinski definition) is 4. The van der Waals surface area contributed by atoms with Gasteiger partial charge < -0.3 is 10.8 Å². The van der Waals surface area contributed by atoms with Gasteiger partial charge in [0.2, 0.25) is 0 Å². The molecule has 0 aromatic carbocycles. The van der Waals surface area contributed by atoms with Crippen LogP contribution in [-0.2, 0) is 17.0 Å². The minimum atomic E-state index is -1.01. The monoisotopic (exact) mass is 224 g/mol. The molecule has 3 N–H and O–H groups in total. The lowest BCUT2D eigenvalue weighted by molar-refractivity contribution is -0.138. The van der Waals surface area contributed by atoms with E-state index in [9.17, 15) is 4.79 Å². The molecule has 15 heavy (non-hydrogen) atoms. The van der Waals surface area contributed by atoms with E-state index < -0.39 is 12.0 Å². The lowest BCUT2D eigenvalue weighted by Gasteiger charge is -2.16. The summed E-state index contributed by atoms with van der Waals surface area (Å²) < 4.78 is 0. The molecule has 1 aliphatic heterocycles. The van der Waals surface area contributed by atoms with Crippen LogP contribution in [0.15, 0.2) is 12.3 Å². The Balaban J connectivity index is 2.31. The number of fused-ring (bicyclic) bond motifs is 1. The van der Waals surface area contributed by atoms with Gasteiger partial charge in [-0.2, -0.15) is 11.8 Å². The number of pyridine rings is 1. The molecule has 0 spiro atoms. The summed E-state index contributed by atoms with van der Waals surface area (Å²) in [6.45, 7) is 0. The second-order valence-corrected chi connectivity index (χ2v) is 4.60. The quantitative estimate of drug-likeness (QED) is 0.782. The van der Waals surface area contributed by atoms with E-state index in [1.54, 1.807) is 6.20 Å². The van der Waals surface area contributed by atoms with Crippen molar-refractivity contribution in [1.82, 2.24) is 4.98 Å². The molecule has 0 amide bonds. The number of aryl methyl sites for hydroxylation is 1. The summed E-state index contributed by atoms with van der Waals surface area (Å²) in [6.07, 6.45) is 2.54. The third-order valence-corrected chi connectivity index (χ3v) is 3.45. The van der Waals surface area contributed by atoms with Gasteiger partial charge in [-0.15, -0.1) is 0 Å². The number of nitrogens with zero attached hydrogens (tertiary/aromatic N) is 1. The van der Waals surface area contributed by atoms with Crippen LogP contribution in [0, 0.1) is 0 Å². The molecule has 0 fully saturated rings. The molecule has 1 unspecified atom stereocenters. The molecule has 0 aliphatic carbocycles. The van der Waals surface area contributed by atoms with Crippen molar-refractivity contribution in [3.05, 3.63) is 29.1 Å². The molecule has 0 bridgehead atoms. The summed E-state index contributed by atoms with van der Waals surface area (Å²) in [7, 11) is 0. The van der Waals surface area contributed by atoms with E-state index in [1.807, 2.05) is 17.8 Å². The molecule has 5 heteroatoms. The van der Waals surface area contributed by atoms with Crippen molar-refractivity contribution in [2.75, 3.05) is 5.75 Å². The number of carboxylic acids is 1. The maximum atomic E-state index is 10.7. The summed E-state index contributed by atoms with van der Waals surface area (Å²) >= 11 is 1.84. The third-order valence-electron chi connectivity index (χ3n) is 2.45. The van der Waals surface area contributed by atoms with Crippen molar-refractivity contribution in [2.45, 2.75) is 18.2 Å². The Labute approximate surface area is 91.9 Å². The van der Waals surface area contributed by atoms with E-state index >= 15 is 0 Å². The normalized spacial score (nSPS) is 16.9. The molecule has 0 saturated carbocycles. The highest BCUT2D eigenvalue weighted by molar-refractivity contribution is 7.98. The average Bonchev–Trinajstić information content (AvgIpc) is 2.27. The number of aromatic nitrogens is 1. The fraction of sp³-hybridized carbons (Fsp3) is 0.400. The highest BCUT2D eigenvalue weighted by Crippen LogP contribution is 2.24. The Morgan fingerprint density at radius 1 is 1.67 bits per heavy atom. The number of carboxylic acid groups (broad SMARTS) is 1. The van der Waals surface area contributed by atoms with E-state index in [4.69, 9.17) is 10.8 Å². The van der Waals surface area contributed by atoms with Crippen LogP contribution < -0.4 is 5.73 Å². The second-order valence-electron chi connectivity index (χ2n) is 3.49. The summed E-state index contributed by atoms with van der Waals surface area (Å²) in [4.78, 5) is 15.0. The van der Waals surface area contributed by atoms with Crippen molar-refractivity contribution < 1.29 is 9.90 Å². The summed E-state index contributed by atoms with van der Waals surface area (Å²) in [6, 6.07) is 0.905. The van der Waals surface area contributed by atoms with E-state index in [1.165, 1.54) is 0 Å². The Morgan fingerprint density at radius 3 is 3.20 bits per heavy atom. The molecule has 0 saturated heterocycles. The molecule has 2 heterocycles. The molecule has 2 rings (SSSR count). The third kappa shape index (κ3) is 2.13. The van der Waals surface area contributed by atoms with Crippen LogP contribution >= 0.6 is 11.8 Å². The molecule has 1 aliphatic rings. The minimum Gasteiger partial charge on any atom is -0.480 e. The first-order valence-electron chi connectivity index (χ1n) is 4.72. The Morgan fingerprint density at radius 2 is 2.47 bits per heavy atom. The van der Waals surface area contributed by atoms with Gasteiger partial charge >= 0.3 is 5.97 Å². The molecule has 4 nitrogen and oxygen atoms in total. The van der Waals surface area contributed by atoms with Crippen molar-refractivity contribution in [1.29, 1.82) is 0 Å². The first-order valence-corrected chi connectivity index (χ1v) is 5.88. The van der Waals surface area contributed by atoms with Crippen LogP contribution in [0.3, 0.4) is 0 Å². The zero-order chi connectivity index (χ0) is 10.8. The fourth-order valence-electron chi connectivity index (χ4n) is 1.57. The van der Waals surface area contributed by atoms with E-state index in [0.29, 0.717) is 5.56 Å². The van der Waals surface area contributed by atoms with Crippen molar-refractivity contribution >= 4 is 17.7 Å². The van der Waals surface area contributed by atoms with Crippen LogP contribution in [0.4, 0.5) is 0 Å². The van der Waals surface area contributed by atoms with Crippen LogP contribution in [0.25, 0.3) is 0 Å². The van der Waals surface area contributed by atoms with Gasteiger partial charge in [0.1, 0.15) is 6.04 Å². The largest absolute Gasteiger partial charge is 0.480 e. The molecule has 0 radical (unpaired) electrons. The van der Waals surface area contributed by atoms with Crippen molar-refractivity contribution in [2.24, 2.45) is 5.73 Å². The van der Waals surface area contributed by atoms with Crippen LogP contribution in [0.5, 0.6) is 0 Å².